The van der Waals surface area contributed by atoms with Gasteiger partial charge < -0.3 is 4.90 Å². The van der Waals surface area contributed by atoms with Crippen molar-refractivity contribution in [2.75, 3.05) is 13.1 Å². The zero-order chi connectivity index (χ0) is 15.7. The average Bonchev–Trinajstić information content (AvgIpc) is 3.19. The lowest BCUT2D eigenvalue weighted by atomic mass is 9.77. The van der Waals surface area contributed by atoms with Crippen LogP contribution < -0.4 is 0 Å². The first-order valence-corrected chi connectivity index (χ1v) is 8.61. The molecule has 1 atom stereocenters. The van der Waals surface area contributed by atoms with Crippen molar-refractivity contribution < 1.29 is 4.79 Å². The van der Waals surface area contributed by atoms with Crippen LogP contribution in [0.3, 0.4) is 0 Å². The van der Waals surface area contributed by atoms with Gasteiger partial charge in [-0.05, 0) is 43.2 Å². The van der Waals surface area contributed by atoms with Crippen LogP contribution in [0, 0.1) is 0 Å². The number of amides is 1. The van der Waals surface area contributed by atoms with Gasteiger partial charge in [-0.3, -0.25) is 9.89 Å². The van der Waals surface area contributed by atoms with Gasteiger partial charge in [-0.1, -0.05) is 30.3 Å². The Kier molecular flexibility index (Phi) is 3.68. The number of fused-ring (bicyclic) bond motifs is 2. The summed E-state index contributed by atoms with van der Waals surface area (Å²) in [5.41, 5.74) is 4.01. The van der Waals surface area contributed by atoms with Gasteiger partial charge in [-0.25, -0.2) is 0 Å². The number of nitrogens with one attached hydrogen (secondary N) is 1. The van der Waals surface area contributed by atoms with Gasteiger partial charge in [0, 0.05) is 30.6 Å². The van der Waals surface area contributed by atoms with Crippen LogP contribution in [0.1, 0.15) is 42.5 Å². The molecule has 0 saturated carbocycles. The smallest absolute Gasteiger partial charge is 0.222 e. The Bertz CT molecular complexity index is 694. The van der Waals surface area contributed by atoms with E-state index in [1.807, 2.05) is 24.4 Å². The molecule has 1 aromatic carbocycles. The molecule has 2 heterocycles. The number of aromatic nitrogens is 2. The normalized spacial score (nSPS) is 23.2. The molecule has 0 bridgehead atoms. The van der Waals surface area contributed by atoms with E-state index in [1.54, 1.807) is 0 Å². The second kappa shape index (κ2) is 5.84. The van der Waals surface area contributed by atoms with Gasteiger partial charge in [-0.2, -0.15) is 5.10 Å². The quantitative estimate of drug-likeness (QED) is 0.948. The maximum absolute atomic E-state index is 12.7. The first-order chi connectivity index (χ1) is 11.3. The number of H-pyrrole nitrogens is 1. The molecule has 1 fully saturated rings. The van der Waals surface area contributed by atoms with Crippen LogP contribution in [0.4, 0.5) is 0 Å². The van der Waals surface area contributed by atoms with Crippen molar-refractivity contribution in [1.82, 2.24) is 15.1 Å². The van der Waals surface area contributed by atoms with Crippen molar-refractivity contribution in [3.63, 3.8) is 0 Å². The van der Waals surface area contributed by atoms with Crippen LogP contribution in [-0.4, -0.2) is 34.1 Å². The summed E-state index contributed by atoms with van der Waals surface area (Å²) in [6, 6.07) is 10.3. The molecule has 2 aliphatic rings. The molecule has 1 unspecified atom stereocenters. The lowest BCUT2D eigenvalue weighted by Crippen LogP contribution is -2.47. The van der Waals surface area contributed by atoms with Crippen molar-refractivity contribution >= 4 is 5.91 Å². The minimum atomic E-state index is 0.131. The highest BCUT2D eigenvalue weighted by molar-refractivity contribution is 5.76. The molecule has 0 radical (unpaired) electrons. The maximum atomic E-state index is 12.7. The summed E-state index contributed by atoms with van der Waals surface area (Å²) in [7, 11) is 0. The summed E-state index contributed by atoms with van der Waals surface area (Å²) < 4.78 is 0. The Morgan fingerprint density at radius 1 is 1.26 bits per heavy atom. The molecular weight excluding hydrogens is 286 g/mol. The molecule has 1 aliphatic carbocycles. The molecule has 1 spiro atoms. The number of hydrogen-bond acceptors (Lipinski definition) is 2. The van der Waals surface area contributed by atoms with Crippen molar-refractivity contribution in [3.05, 3.63) is 53.3 Å². The number of benzene rings is 1. The summed E-state index contributed by atoms with van der Waals surface area (Å²) >= 11 is 0. The number of hydrogen-bond donors (Lipinski definition) is 1. The number of aromatic amines is 1. The predicted octanol–water partition coefficient (Wildman–Crippen LogP) is 2.85. The fraction of sp³-hybridized carbons (Fsp3) is 0.474. The van der Waals surface area contributed by atoms with Gasteiger partial charge >= 0.3 is 0 Å². The van der Waals surface area contributed by atoms with Gasteiger partial charge in [-0.15, -0.1) is 0 Å². The summed E-state index contributed by atoms with van der Waals surface area (Å²) in [5, 5.41) is 7.42. The van der Waals surface area contributed by atoms with E-state index in [0.717, 1.165) is 38.8 Å². The lowest BCUT2D eigenvalue weighted by molar-refractivity contribution is -0.133. The van der Waals surface area contributed by atoms with Crippen LogP contribution in [0.15, 0.2) is 36.5 Å². The Morgan fingerprint density at radius 2 is 2.13 bits per heavy atom. The van der Waals surface area contributed by atoms with E-state index in [9.17, 15) is 4.79 Å². The third-order valence-corrected chi connectivity index (χ3v) is 5.52. The topological polar surface area (TPSA) is 49.0 Å². The van der Waals surface area contributed by atoms with Crippen LogP contribution in [0.2, 0.25) is 0 Å². The van der Waals surface area contributed by atoms with Gasteiger partial charge in [0.05, 0.1) is 6.20 Å². The molecule has 2 aromatic rings. The molecule has 120 valence electrons. The minimum absolute atomic E-state index is 0.131. The molecule has 4 rings (SSSR count). The average molecular weight is 309 g/mol. The maximum Gasteiger partial charge on any atom is 0.222 e. The standard InChI is InChI=1S/C19H23N3O/c23-17(8-7-15-5-2-1-3-6-15)22-12-4-10-19(14-22)11-9-16-13-20-21-18(16)19/h1-3,5-6,13H,4,7-12,14H2,(H,20,21). The highest BCUT2D eigenvalue weighted by Gasteiger charge is 2.44. The summed E-state index contributed by atoms with van der Waals surface area (Å²) in [5.74, 6) is 0.292. The molecule has 1 aromatic heterocycles. The monoisotopic (exact) mass is 309 g/mol. The van der Waals surface area contributed by atoms with E-state index >= 15 is 0 Å². The fourth-order valence-electron chi connectivity index (χ4n) is 4.27. The first kappa shape index (κ1) is 14.5. The van der Waals surface area contributed by atoms with Gasteiger partial charge in [0.1, 0.15) is 0 Å². The number of piperidine rings is 1. The van der Waals surface area contributed by atoms with Gasteiger partial charge in [0.2, 0.25) is 5.91 Å². The second-order valence-corrected chi connectivity index (χ2v) is 6.96. The SMILES string of the molecule is O=C(CCc1ccccc1)N1CCCC2(CCc3cn[nH]c32)C1. The van der Waals surface area contributed by atoms with Crippen molar-refractivity contribution in [2.45, 2.75) is 43.9 Å². The van der Waals surface area contributed by atoms with Crippen LogP contribution in [0.5, 0.6) is 0 Å². The zero-order valence-electron chi connectivity index (χ0n) is 13.4. The highest BCUT2D eigenvalue weighted by atomic mass is 16.2. The fourth-order valence-corrected chi connectivity index (χ4v) is 4.27. The molecule has 1 N–H and O–H groups in total. The van der Waals surface area contributed by atoms with E-state index < -0.39 is 0 Å². The zero-order valence-corrected chi connectivity index (χ0v) is 13.4. The molecule has 4 heteroatoms. The van der Waals surface area contributed by atoms with Gasteiger partial charge in [0.15, 0.2) is 0 Å². The molecule has 1 aliphatic heterocycles. The number of carbonyl (C=O) groups is 1. The van der Waals surface area contributed by atoms with E-state index in [0.29, 0.717) is 12.3 Å². The largest absolute Gasteiger partial charge is 0.342 e. The highest BCUT2D eigenvalue weighted by Crippen LogP contribution is 2.43. The number of aryl methyl sites for hydroxylation is 2. The van der Waals surface area contributed by atoms with E-state index in [4.69, 9.17) is 0 Å². The Morgan fingerprint density at radius 3 is 3.00 bits per heavy atom. The van der Waals surface area contributed by atoms with Crippen LogP contribution in [0.25, 0.3) is 0 Å². The molecular formula is C19H23N3O. The summed E-state index contributed by atoms with van der Waals surface area (Å²) in [4.78, 5) is 14.7. The molecule has 23 heavy (non-hydrogen) atoms. The van der Waals surface area contributed by atoms with E-state index in [-0.39, 0.29) is 5.41 Å². The minimum Gasteiger partial charge on any atom is -0.342 e. The molecule has 1 saturated heterocycles. The second-order valence-electron chi connectivity index (χ2n) is 6.96. The number of nitrogens with zero attached hydrogens (tertiary/aromatic N) is 2. The molecule has 1 amide bonds. The first-order valence-electron chi connectivity index (χ1n) is 8.61. The lowest BCUT2D eigenvalue weighted by Gasteiger charge is -2.40. The third-order valence-electron chi connectivity index (χ3n) is 5.52. The van der Waals surface area contributed by atoms with Crippen molar-refractivity contribution in [1.29, 1.82) is 0 Å². The Balaban J connectivity index is 1.43. The molecule has 4 nitrogen and oxygen atoms in total. The van der Waals surface area contributed by atoms with Crippen LogP contribution >= 0.6 is 0 Å². The number of likely N-dealkylation sites (tertiary alicyclic amines) is 1. The number of carbonyl (C=O) groups excluding carboxylic acids is 1. The summed E-state index contributed by atoms with van der Waals surface area (Å²) in [6.07, 6.45) is 7.91. The van der Waals surface area contributed by atoms with E-state index in [2.05, 4.69) is 27.2 Å². The van der Waals surface area contributed by atoms with Crippen molar-refractivity contribution in [2.24, 2.45) is 0 Å². The third kappa shape index (κ3) is 2.67. The van der Waals surface area contributed by atoms with Crippen molar-refractivity contribution in [3.8, 4) is 0 Å². The Hall–Kier alpha value is -2.10. The predicted molar refractivity (Wildman–Crippen MR) is 89.2 cm³/mol. The van der Waals surface area contributed by atoms with Gasteiger partial charge in [0.25, 0.3) is 0 Å². The Labute approximate surface area is 136 Å². The number of rotatable bonds is 3. The van der Waals surface area contributed by atoms with Crippen LogP contribution in [-0.2, 0) is 23.1 Å². The summed E-state index contributed by atoms with van der Waals surface area (Å²) in [6.45, 7) is 1.76. The van der Waals surface area contributed by atoms with E-state index in [1.165, 1.54) is 23.2 Å².